The molecule has 1 aromatic rings. The fraction of sp³-hybridized carbons (Fsp3) is 0. The predicted octanol–water partition coefficient (Wildman–Crippen LogP) is 1.90. The highest BCUT2D eigenvalue weighted by atomic mass is 16.2. The van der Waals surface area contributed by atoms with Gasteiger partial charge in [0.2, 0.25) is 0 Å². The van der Waals surface area contributed by atoms with Crippen LogP contribution in [0.15, 0.2) is 54.1 Å². The summed E-state index contributed by atoms with van der Waals surface area (Å²) in [6, 6.07) is 6.87. The van der Waals surface area contributed by atoms with Gasteiger partial charge in [-0.1, -0.05) is 30.8 Å². The molecule has 0 saturated heterocycles. The fourth-order valence-electron chi connectivity index (χ4n) is 2.30. The summed E-state index contributed by atoms with van der Waals surface area (Å²) < 4.78 is 0. The van der Waals surface area contributed by atoms with E-state index in [1.807, 2.05) is 0 Å². The van der Waals surface area contributed by atoms with Gasteiger partial charge in [-0.3, -0.25) is 14.4 Å². The Balaban J connectivity index is 2.33. The summed E-state index contributed by atoms with van der Waals surface area (Å²) in [6.45, 7) is 3.84. The minimum Gasteiger partial charge on any atom is -0.289 e. The average Bonchev–Trinajstić information content (AvgIpc) is 2.38. The molecular formula is C15H8O3. The van der Waals surface area contributed by atoms with Gasteiger partial charge in [0.1, 0.15) is 0 Å². The van der Waals surface area contributed by atoms with Crippen LogP contribution in [-0.4, -0.2) is 17.3 Å². The molecule has 3 rings (SSSR count). The minimum absolute atomic E-state index is 0.0498. The van der Waals surface area contributed by atoms with Crippen molar-refractivity contribution < 1.29 is 14.4 Å². The molecule has 0 fully saturated rings. The standard InChI is InChI=1S/C15H8O3/c1-8-9-4-2-3-5-10(9)15(18)14-12(17)7-6-11(16)13(8)14/h2-7H,1H2. The quantitative estimate of drug-likeness (QED) is 0.510. The van der Waals surface area contributed by atoms with Crippen molar-refractivity contribution in [2.24, 2.45) is 0 Å². The van der Waals surface area contributed by atoms with E-state index in [-0.39, 0.29) is 16.9 Å². The molecule has 2 aliphatic carbocycles. The summed E-state index contributed by atoms with van der Waals surface area (Å²) >= 11 is 0. The second kappa shape index (κ2) is 3.47. The SMILES string of the molecule is C=C1C2=C(C(=O)C=CC2=O)C(=O)c2ccccc21. The van der Waals surface area contributed by atoms with E-state index in [2.05, 4.69) is 6.58 Å². The zero-order valence-electron chi connectivity index (χ0n) is 9.40. The number of benzene rings is 1. The molecule has 0 atom stereocenters. The molecule has 18 heavy (non-hydrogen) atoms. The number of allylic oxidation sites excluding steroid dienone is 5. The van der Waals surface area contributed by atoms with Gasteiger partial charge < -0.3 is 0 Å². The van der Waals surface area contributed by atoms with Crippen molar-refractivity contribution in [2.75, 3.05) is 0 Å². The van der Waals surface area contributed by atoms with Gasteiger partial charge in [0.05, 0.1) is 5.57 Å². The van der Waals surface area contributed by atoms with Crippen LogP contribution >= 0.6 is 0 Å². The van der Waals surface area contributed by atoms with Crippen molar-refractivity contribution in [3.05, 3.63) is 65.3 Å². The fourth-order valence-corrected chi connectivity index (χ4v) is 2.30. The van der Waals surface area contributed by atoms with Crippen LogP contribution < -0.4 is 0 Å². The molecule has 0 heterocycles. The molecule has 86 valence electrons. The van der Waals surface area contributed by atoms with Gasteiger partial charge in [-0.2, -0.15) is 0 Å². The first kappa shape index (κ1) is 10.6. The monoisotopic (exact) mass is 236 g/mol. The molecule has 0 N–H and O–H groups in total. The Bertz CT molecular complexity index is 643. The third kappa shape index (κ3) is 1.21. The number of Topliss-reactive ketones (excluding diaryl/α,β-unsaturated/α-hetero) is 1. The number of rotatable bonds is 0. The van der Waals surface area contributed by atoms with E-state index in [0.717, 1.165) is 6.08 Å². The first-order chi connectivity index (χ1) is 8.61. The van der Waals surface area contributed by atoms with Gasteiger partial charge in [0, 0.05) is 11.1 Å². The number of hydrogen-bond acceptors (Lipinski definition) is 3. The molecule has 3 heteroatoms. The van der Waals surface area contributed by atoms with Crippen molar-refractivity contribution in [1.82, 2.24) is 0 Å². The Morgan fingerprint density at radius 2 is 1.33 bits per heavy atom. The van der Waals surface area contributed by atoms with Crippen LogP contribution in [0.3, 0.4) is 0 Å². The van der Waals surface area contributed by atoms with Crippen molar-refractivity contribution in [2.45, 2.75) is 0 Å². The first-order valence-electron chi connectivity index (χ1n) is 5.45. The van der Waals surface area contributed by atoms with Gasteiger partial charge in [0.25, 0.3) is 0 Å². The summed E-state index contributed by atoms with van der Waals surface area (Å²) in [4.78, 5) is 35.9. The Labute approximate surface area is 103 Å². The van der Waals surface area contributed by atoms with Crippen LogP contribution in [0.4, 0.5) is 0 Å². The second-order valence-electron chi connectivity index (χ2n) is 4.17. The van der Waals surface area contributed by atoms with Crippen molar-refractivity contribution >= 4 is 22.9 Å². The third-order valence-corrected chi connectivity index (χ3v) is 3.15. The molecule has 0 aliphatic heterocycles. The molecule has 3 nitrogen and oxygen atoms in total. The van der Waals surface area contributed by atoms with Gasteiger partial charge in [-0.15, -0.1) is 0 Å². The zero-order valence-corrected chi connectivity index (χ0v) is 9.40. The topological polar surface area (TPSA) is 51.2 Å². The molecule has 0 saturated carbocycles. The van der Waals surface area contributed by atoms with Crippen molar-refractivity contribution in [3.63, 3.8) is 0 Å². The molecule has 1 aromatic carbocycles. The summed E-state index contributed by atoms with van der Waals surface area (Å²) in [7, 11) is 0. The smallest absolute Gasteiger partial charge is 0.198 e. The van der Waals surface area contributed by atoms with Crippen LogP contribution in [0.5, 0.6) is 0 Å². The average molecular weight is 236 g/mol. The van der Waals surface area contributed by atoms with Gasteiger partial charge >= 0.3 is 0 Å². The van der Waals surface area contributed by atoms with E-state index in [9.17, 15) is 14.4 Å². The molecule has 0 radical (unpaired) electrons. The molecular weight excluding hydrogens is 228 g/mol. The minimum atomic E-state index is -0.426. The first-order valence-corrected chi connectivity index (χ1v) is 5.45. The number of hydrogen-bond donors (Lipinski definition) is 0. The Kier molecular flexibility index (Phi) is 2.04. The summed E-state index contributed by atoms with van der Waals surface area (Å²) in [5.41, 5.74) is 1.59. The van der Waals surface area contributed by atoms with Crippen molar-refractivity contribution in [1.29, 1.82) is 0 Å². The third-order valence-electron chi connectivity index (χ3n) is 3.15. The normalized spacial score (nSPS) is 18.0. The molecule has 0 unspecified atom stereocenters. The number of ketones is 3. The van der Waals surface area contributed by atoms with E-state index in [4.69, 9.17) is 0 Å². The maximum Gasteiger partial charge on any atom is 0.198 e. The van der Waals surface area contributed by atoms with E-state index >= 15 is 0 Å². The molecule has 0 amide bonds. The maximum absolute atomic E-state index is 12.2. The maximum atomic E-state index is 12.2. The van der Waals surface area contributed by atoms with Crippen LogP contribution in [0.25, 0.3) is 5.57 Å². The second-order valence-corrected chi connectivity index (χ2v) is 4.17. The van der Waals surface area contributed by atoms with E-state index in [0.29, 0.717) is 16.7 Å². The lowest BCUT2D eigenvalue weighted by Gasteiger charge is -2.23. The molecule has 0 spiro atoms. The van der Waals surface area contributed by atoms with E-state index < -0.39 is 11.6 Å². The highest BCUT2D eigenvalue weighted by Gasteiger charge is 2.35. The number of carbonyl (C=O) groups is 3. The van der Waals surface area contributed by atoms with Crippen LogP contribution in [0, 0.1) is 0 Å². The lowest BCUT2D eigenvalue weighted by molar-refractivity contribution is -0.114. The highest BCUT2D eigenvalue weighted by molar-refractivity contribution is 6.41. The Morgan fingerprint density at radius 1 is 0.778 bits per heavy atom. The van der Waals surface area contributed by atoms with Crippen LogP contribution in [0.1, 0.15) is 15.9 Å². The summed E-state index contributed by atoms with van der Waals surface area (Å²) in [5.74, 6) is -1.15. The predicted molar refractivity (Wildman–Crippen MR) is 66.0 cm³/mol. The van der Waals surface area contributed by atoms with Crippen LogP contribution in [-0.2, 0) is 9.59 Å². The molecule has 2 aliphatic rings. The Hall–Kier alpha value is -2.55. The zero-order chi connectivity index (χ0) is 12.9. The number of fused-ring (bicyclic) bond motifs is 1. The number of carbonyl (C=O) groups excluding carboxylic acids is 3. The summed E-state index contributed by atoms with van der Waals surface area (Å²) in [5, 5.41) is 0. The lowest BCUT2D eigenvalue weighted by Crippen LogP contribution is -2.26. The van der Waals surface area contributed by atoms with Crippen LogP contribution in [0.2, 0.25) is 0 Å². The van der Waals surface area contributed by atoms with Crippen molar-refractivity contribution in [3.8, 4) is 0 Å². The Morgan fingerprint density at radius 3 is 2.00 bits per heavy atom. The van der Waals surface area contributed by atoms with Gasteiger partial charge in [-0.05, 0) is 23.3 Å². The largest absolute Gasteiger partial charge is 0.289 e. The van der Waals surface area contributed by atoms with Gasteiger partial charge in [0.15, 0.2) is 17.3 Å². The van der Waals surface area contributed by atoms with Gasteiger partial charge in [-0.25, -0.2) is 0 Å². The summed E-state index contributed by atoms with van der Waals surface area (Å²) in [6.07, 6.45) is 2.33. The lowest BCUT2D eigenvalue weighted by atomic mass is 9.77. The highest BCUT2D eigenvalue weighted by Crippen LogP contribution is 2.36. The molecule has 0 bridgehead atoms. The molecule has 0 aromatic heterocycles. The van der Waals surface area contributed by atoms with E-state index in [1.54, 1.807) is 24.3 Å². The van der Waals surface area contributed by atoms with E-state index in [1.165, 1.54) is 6.08 Å².